The van der Waals surface area contributed by atoms with Gasteiger partial charge in [-0.3, -0.25) is 4.79 Å². The molecule has 1 aromatic carbocycles. The Morgan fingerprint density at radius 2 is 1.79 bits per heavy atom. The van der Waals surface area contributed by atoms with Crippen LogP contribution in [0, 0.1) is 13.8 Å². The molecule has 3 heteroatoms. The van der Waals surface area contributed by atoms with Crippen molar-refractivity contribution in [3.63, 3.8) is 0 Å². The SMILES string of the molecule is COC(=O)[C@@H](N)c1cc(C)cc(C)c1. The molecule has 0 aliphatic rings. The van der Waals surface area contributed by atoms with E-state index in [0.717, 1.165) is 16.7 Å². The third kappa shape index (κ3) is 2.33. The molecule has 0 amide bonds. The molecule has 0 aromatic heterocycles. The van der Waals surface area contributed by atoms with Crippen molar-refractivity contribution in [3.05, 3.63) is 34.9 Å². The van der Waals surface area contributed by atoms with Crippen LogP contribution in [0.15, 0.2) is 18.2 Å². The zero-order valence-electron chi connectivity index (χ0n) is 8.70. The lowest BCUT2D eigenvalue weighted by atomic mass is 10.0. The summed E-state index contributed by atoms with van der Waals surface area (Å²) < 4.78 is 4.58. The molecule has 0 aliphatic heterocycles. The van der Waals surface area contributed by atoms with Crippen molar-refractivity contribution in [3.8, 4) is 0 Å². The number of rotatable bonds is 2. The number of benzene rings is 1. The number of ether oxygens (including phenoxy) is 1. The third-order valence-electron chi connectivity index (χ3n) is 2.06. The molecular formula is C11H15NO2. The predicted molar refractivity (Wildman–Crippen MR) is 54.9 cm³/mol. The summed E-state index contributed by atoms with van der Waals surface area (Å²) in [5.41, 5.74) is 8.71. The van der Waals surface area contributed by atoms with E-state index in [1.807, 2.05) is 32.0 Å². The van der Waals surface area contributed by atoms with E-state index in [1.165, 1.54) is 7.11 Å². The van der Waals surface area contributed by atoms with Crippen molar-refractivity contribution >= 4 is 5.97 Å². The van der Waals surface area contributed by atoms with E-state index in [-0.39, 0.29) is 0 Å². The monoisotopic (exact) mass is 193 g/mol. The highest BCUT2D eigenvalue weighted by atomic mass is 16.5. The molecule has 0 spiro atoms. The van der Waals surface area contributed by atoms with Crippen LogP contribution in [0.25, 0.3) is 0 Å². The molecule has 1 rings (SSSR count). The van der Waals surface area contributed by atoms with Crippen LogP contribution >= 0.6 is 0 Å². The molecule has 0 bridgehead atoms. The lowest BCUT2D eigenvalue weighted by Gasteiger charge is -2.11. The number of hydrogen-bond donors (Lipinski definition) is 1. The second kappa shape index (κ2) is 4.24. The number of aryl methyl sites for hydroxylation is 2. The van der Waals surface area contributed by atoms with Gasteiger partial charge < -0.3 is 10.5 Å². The molecule has 1 atom stereocenters. The zero-order chi connectivity index (χ0) is 10.7. The van der Waals surface area contributed by atoms with Gasteiger partial charge in [0.1, 0.15) is 6.04 Å². The van der Waals surface area contributed by atoms with Gasteiger partial charge in [0.25, 0.3) is 0 Å². The van der Waals surface area contributed by atoms with Gasteiger partial charge in [-0.15, -0.1) is 0 Å². The average molecular weight is 193 g/mol. The molecular weight excluding hydrogens is 178 g/mol. The molecule has 0 saturated heterocycles. The quantitative estimate of drug-likeness (QED) is 0.724. The predicted octanol–water partition coefficient (Wildman–Crippen LogP) is 1.48. The Morgan fingerprint density at radius 3 is 2.21 bits per heavy atom. The van der Waals surface area contributed by atoms with Gasteiger partial charge in [0.2, 0.25) is 0 Å². The maximum Gasteiger partial charge on any atom is 0.327 e. The fraction of sp³-hybridized carbons (Fsp3) is 0.364. The smallest absolute Gasteiger partial charge is 0.327 e. The van der Waals surface area contributed by atoms with Crippen LogP contribution in [0.2, 0.25) is 0 Å². The average Bonchev–Trinajstić information content (AvgIpc) is 2.14. The molecule has 0 aliphatic carbocycles. The highest BCUT2D eigenvalue weighted by molar-refractivity contribution is 5.77. The van der Waals surface area contributed by atoms with E-state index < -0.39 is 12.0 Å². The summed E-state index contributed by atoms with van der Waals surface area (Å²) in [6.45, 7) is 3.95. The molecule has 76 valence electrons. The summed E-state index contributed by atoms with van der Waals surface area (Å²) in [7, 11) is 1.34. The minimum absolute atomic E-state index is 0.407. The fourth-order valence-electron chi connectivity index (χ4n) is 1.45. The standard InChI is InChI=1S/C11H15NO2/c1-7-4-8(2)6-9(5-7)10(12)11(13)14-3/h4-6,10H,12H2,1-3H3/t10-/m0/s1. The number of hydrogen-bond acceptors (Lipinski definition) is 3. The van der Waals surface area contributed by atoms with Crippen LogP contribution in [0.5, 0.6) is 0 Å². The zero-order valence-corrected chi connectivity index (χ0v) is 8.70. The van der Waals surface area contributed by atoms with Gasteiger partial charge in [-0.1, -0.05) is 29.3 Å². The topological polar surface area (TPSA) is 52.3 Å². The van der Waals surface area contributed by atoms with Crippen molar-refractivity contribution in [2.75, 3.05) is 7.11 Å². The Morgan fingerprint density at radius 1 is 1.29 bits per heavy atom. The van der Waals surface area contributed by atoms with Gasteiger partial charge in [-0.25, -0.2) is 0 Å². The van der Waals surface area contributed by atoms with Crippen LogP contribution in [-0.4, -0.2) is 13.1 Å². The van der Waals surface area contributed by atoms with Crippen molar-refractivity contribution in [2.45, 2.75) is 19.9 Å². The molecule has 0 unspecified atom stereocenters. The molecule has 0 heterocycles. The Kier molecular flexibility index (Phi) is 3.25. The summed E-state index contributed by atoms with van der Waals surface area (Å²) >= 11 is 0. The summed E-state index contributed by atoms with van der Waals surface area (Å²) in [6.07, 6.45) is 0. The van der Waals surface area contributed by atoms with E-state index in [4.69, 9.17) is 5.73 Å². The number of carbonyl (C=O) groups is 1. The van der Waals surface area contributed by atoms with Gasteiger partial charge in [0.15, 0.2) is 0 Å². The van der Waals surface area contributed by atoms with Gasteiger partial charge in [-0.05, 0) is 19.4 Å². The lowest BCUT2D eigenvalue weighted by molar-refractivity contribution is -0.142. The first-order valence-electron chi connectivity index (χ1n) is 4.46. The van der Waals surface area contributed by atoms with E-state index in [0.29, 0.717) is 0 Å². The molecule has 14 heavy (non-hydrogen) atoms. The summed E-state index contributed by atoms with van der Waals surface area (Å²) in [5.74, 6) is -0.407. The molecule has 2 N–H and O–H groups in total. The van der Waals surface area contributed by atoms with Crippen LogP contribution < -0.4 is 5.73 Å². The van der Waals surface area contributed by atoms with Gasteiger partial charge >= 0.3 is 5.97 Å². The Labute approximate surface area is 83.9 Å². The number of carbonyl (C=O) groups excluding carboxylic acids is 1. The minimum atomic E-state index is -0.682. The Balaban J connectivity index is 3.00. The summed E-state index contributed by atoms with van der Waals surface area (Å²) in [6, 6.07) is 5.15. The molecule has 0 saturated carbocycles. The summed E-state index contributed by atoms with van der Waals surface area (Å²) in [5, 5.41) is 0. The summed E-state index contributed by atoms with van der Waals surface area (Å²) in [4.78, 5) is 11.2. The number of methoxy groups -OCH3 is 1. The van der Waals surface area contributed by atoms with E-state index in [1.54, 1.807) is 0 Å². The van der Waals surface area contributed by atoms with E-state index in [9.17, 15) is 4.79 Å². The van der Waals surface area contributed by atoms with Crippen LogP contribution in [-0.2, 0) is 9.53 Å². The highest BCUT2D eigenvalue weighted by Crippen LogP contribution is 2.15. The first kappa shape index (κ1) is 10.7. The molecule has 1 aromatic rings. The normalized spacial score (nSPS) is 12.3. The minimum Gasteiger partial charge on any atom is -0.468 e. The Hall–Kier alpha value is -1.35. The van der Waals surface area contributed by atoms with Crippen molar-refractivity contribution in [2.24, 2.45) is 5.73 Å². The van der Waals surface area contributed by atoms with Gasteiger partial charge in [-0.2, -0.15) is 0 Å². The van der Waals surface area contributed by atoms with Gasteiger partial charge in [0.05, 0.1) is 7.11 Å². The molecule has 0 radical (unpaired) electrons. The third-order valence-corrected chi connectivity index (χ3v) is 2.06. The van der Waals surface area contributed by atoms with Crippen molar-refractivity contribution < 1.29 is 9.53 Å². The first-order valence-corrected chi connectivity index (χ1v) is 4.46. The number of nitrogens with two attached hydrogens (primary N) is 1. The lowest BCUT2D eigenvalue weighted by Crippen LogP contribution is -2.22. The van der Waals surface area contributed by atoms with E-state index in [2.05, 4.69) is 4.74 Å². The van der Waals surface area contributed by atoms with Crippen LogP contribution in [0.4, 0.5) is 0 Å². The van der Waals surface area contributed by atoms with E-state index >= 15 is 0 Å². The largest absolute Gasteiger partial charge is 0.468 e. The first-order chi connectivity index (χ1) is 6.54. The molecule has 3 nitrogen and oxygen atoms in total. The highest BCUT2D eigenvalue weighted by Gasteiger charge is 2.16. The van der Waals surface area contributed by atoms with Gasteiger partial charge in [0, 0.05) is 0 Å². The fourth-order valence-corrected chi connectivity index (χ4v) is 1.45. The number of esters is 1. The second-order valence-electron chi connectivity index (χ2n) is 3.42. The molecule has 0 fully saturated rings. The van der Waals surface area contributed by atoms with Crippen molar-refractivity contribution in [1.29, 1.82) is 0 Å². The Bertz CT molecular complexity index is 327. The van der Waals surface area contributed by atoms with Crippen molar-refractivity contribution in [1.82, 2.24) is 0 Å². The van der Waals surface area contributed by atoms with Crippen LogP contribution in [0.1, 0.15) is 22.7 Å². The maximum atomic E-state index is 11.2. The second-order valence-corrected chi connectivity index (χ2v) is 3.42. The maximum absolute atomic E-state index is 11.2. The van der Waals surface area contributed by atoms with Crippen LogP contribution in [0.3, 0.4) is 0 Å².